The fourth-order valence-corrected chi connectivity index (χ4v) is 3.65. The second-order valence-corrected chi connectivity index (χ2v) is 7.93. The quantitative estimate of drug-likeness (QED) is 0.172. The topological polar surface area (TPSA) is 248 Å². The fraction of sp³-hybridized carbons (Fsp3) is 1.00. The standard InChI is InChI=1S/C17H30O15/c18-1-5-8(21)10(23)13(26)16(31-5)29-3-6-9(22)11(24)14(15(27)30-6)32-17-12(25)7(20)4(19)2-28-17/h4-27H,1-3H2/t4-,5-,6-,7+,8-,9-,10+,11+,12-,13+,14+,15?,16+,17+/m1/s1. The first kappa shape index (κ1) is 26.0. The highest BCUT2D eigenvalue weighted by molar-refractivity contribution is 4.93. The Morgan fingerprint density at radius 2 is 1.28 bits per heavy atom. The van der Waals surface area contributed by atoms with Gasteiger partial charge in [-0.3, -0.25) is 0 Å². The Balaban J connectivity index is 1.56. The Hall–Kier alpha value is -0.600. The monoisotopic (exact) mass is 474 g/mol. The summed E-state index contributed by atoms with van der Waals surface area (Å²) in [5.74, 6) is 0. The van der Waals surface area contributed by atoms with Crippen LogP contribution in [0.2, 0.25) is 0 Å². The zero-order valence-electron chi connectivity index (χ0n) is 16.7. The van der Waals surface area contributed by atoms with E-state index in [-0.39, 0.29) is 6.61 Å². The number of ether oxygens (including phenoxy) is 5. The summed E-state index contributed by atoms with van der Waals surface area (Å²) in [4.78, 5) is 0. The van der Waals surface area contributed by atoms with Crippen molar-refractivity contribution in [3.8, 4) is 0 Å². The molecule has 10 N–H and O–H groups in total. The Bertz CT molecular complexity index is 594. The van der Waals surface area contributed by atoms with Gasteiger partial charge in [-0.15, -0.1) is 0 Å². The third kappa shape index (κ3) is 5.22. The molecule has 0 radical (unpaired) electrons. The normalized spacial score (nSPS) is 52.7. The van der Waals surface area contributed by atoms with Crippen molar-refractivity contribution in [2.45, 2.75) is 86.0 Å². The van der Waals surface area contributed by atoms with Crippen molar-refractivity contribution in [2.75, 3.05) is 19.8 Å². The van der Waals surface area contributed by atoms with Crippen LogP contribution >= 0.6 is 0 Å². The SMILES string of the molecule is OC[C@H]1O[C@H](OC[C@H]2OC(O)[C@@H](O[C@@H]3OC[C@@H](O)[C@H](O)[C@H]3O)[C@@H](O)[C@@H]2O)[C@@H](O)[C@@H](O)[C@@H]1O. The summed E-state index contributed by atoms with van der Waals surface area (Å²) in [6.45, 7) is -1.62. The highest BCUT2D eigenvalue weighted by atomic mass is 16.7. The highest BCUT2D eigenvalue weighted by Gasteiger charge is 2.49. The molecule has 1 unspecified atom stereocenters. The first-order valence-corrected chi connectivity index (χ1v) is 9.99. The minimum Gasteiger partial charge on any atom is -0.394 e. The lowest BCUT2D eigenvalue weighted by molar-refractivity contribution is -0.357. The lowest BCUT2D eigenvalue weighted by atomic mass is 9.98. The van der Waals surface area contributed by atoms with Gasteiger partial charge in [0.25, 0.3) is 0 Å². The molecule has 3 aliphatic rings. The molecule has 3 aliphatic heterocycles. The van der Waals surface area contributed by atoms with Crippen molar-refractivity contribution in [3.63, 3.8) is 0 Å². The molecular formula is C17H30O15. The number of aliphatic hydroxyl groups is 10. The van der Waals surface area contributed by atoms with Crippen molar-refractivity contribution >= 4 is 0 Å². The van der Waals surface area contributed by atoms with Gasteiger partial charge in [-0.1, -0.05) is 0 Å². The van der Waals surface area contributed by atoms with Gasteiger partial charge in [-0.25, -0.2) is 0 Å². The molecule has 0 aromatic rings. The largest absolute Gasteiger partial charge is 0.394 e. The highest BCUT2D eigenvalue weighted by Crippen LogP contribution is 2.28. The zero-order valence-corrected chi connectivity index (χ0v) is 16.7. The zero-order chi connectivity index (χ0) is 23.7. The van der Waals surface area contributed by atoms with Gasteiger partial charge in [0.15, 0.2) is 18.9 Å². The van der Waals surface area contributed by atoms with E-state index < -0.39 is 99.2 Å². The van der Waals surface area contributed by atoms with E-state index in [2.05, 4.69) is 0 Å². The maximum atomic E-state index is 10.4. The average molecular weight is 474 g/mol. The summed E-state index contributed by atoms with van der Waals surface area (Å²) in [5.41, 5.74) is 0. The number of hydrogen-bond acceptors (Lipinski definition) is 15. The van der Waals surface area contributed by atoms with E-state index in [1.54, 1.807) is 0 Å². The molecule has 0 spiro atoms. The molecular weight excluding hydrogens is 444 g/mol. The van der Waals surface area contributed by atoms with Crippen LogP contribution < -0.4 is 0 Å². The first-order chi connectivity index (χ1) is 15.1. The van der Waals surface area contributed by atoms with Gasteiger partial charge in [-0.05, 0) is 0 Å². The second-order valence-electron chi connectivity index (χ2n) is 7.93. The van der Waals surface area contributed by atoms with Crippen LogP contribution in [-0.2, 0) is 23.7 Å². The van der Waals surface area contributed by atoms with Gasteiger partial charge >= 0.3 is 0 Å². The average Bonchev–Trinajstić information content (AvgIpc) is 2.77. The summed E-state index contributed by atoms with van der Waals surface area (Å²) in [7, 11) is 0. The van der Waals surface area contributed by atoms with Crippen LogP contribution in [0.15, 0.2) is 0 Å². The second kappa shape index (κ2) is 10.8. The molecule has 15 nitrogen and oxygen atoms in total. The van der Waals surface area contributed by atoms with E-state index in [9.17, 15) is 51.1 Å². The van der Waals surface area contributed by atoms with E-state index >= 15 is 0 Å². The number of aliphatic hydroxyl groups excluding tert-OH is 10. The van der Waals surface area contributed by atoms with Crippen LogP contribution in [-0.4, -0.2) is 157 Å². The predicted octanol–water partition coefficient (Wildman–Crippen LogP) is -6.93. The van der Waals surface area contributed by atoms with Crippen LogP contribution in [0, 0.1) is 0 Å². The van der Waals surface area contributed by atoms with Gasteiger partial charge in [0.1, 0.15) is 67.1 Å². The Labute approximate surface area is 181 Å². The molecule has 0 aliphatic carbocycles. The van der Waals surface area contributed by atoms with Crippen LogP contribution in [0.25, 0.3) is 0 Å². The lowest BCUT2D eigenvalue weighted by Gasteiger charge is -2.44. The fourth-order valence-electron chi connectivity index (χ4n) is 3.65. The van der Waals surface area contributed by atoms with E-state index in [0.717, 1.165) is 0 Å². The van der Waals surface area contributed by atoms with Crippen LogP contribution in [0.3, 0.4) is 0 Å². The molecule has 0 aromatic heterocycles. The molecule has 14 atom stereocenters. The minimum atomic E-state index is -1.85. The molecule has 3 rings (SSSR count). The maximum absolute atomic E-state index is 10.4. The molecule has 32 heavy (non-hydrogen) atoms. The third-order valence-electron chi connectivity index (χ3n) is 5.68. The smallest absolute Gasteiger partial charge is 0.186 e. The molecule has 188 valence electrons. The van der Waals surface area contributed by atoms with Crippen LogP contribution in [0.5, 0.6) is 0 Å². The molecule has 0 saturated carbocycles. The van der Waals surface area contributed by atoms with Gasteiger partial charge in [-0.2, -0.15) is 0 Å². The van der Waals surface area contributed by atoms with E-state index in [0.29, 0.717) is 0 Å². The predicted molar refractivity (Wildman–Crippen MR) is 95.2 cm³/mol. The first-order valence-electron chi connectivity index (χ1n) is 9.99. The molecule has 3 fully saturated rings. The lowest BCUT2D eigenvalue weighted by Crippen LogP contribution is -2.63. The molecule has 0 bridgehead atoms. The van der Waals surface area contributed by atoms with Crippen molar-refractivity contribution in [3.05, 3.63) is 0 Å². The molecule has 3 saturated heterocycles. The number of rotatable bonds is 6. The van der Waals surface area contributed by atoms with Gasteiger partial charge in [0, 0.05) is 0 Å². The van der Waals surface area contributed by atoms with Gasteiger partial charge in [0.05, 0.1) is 19.8 Å². The van der Waals surface area contributed by atoms with Crippen LogP contribution in [0.1, 0.15) is 0 Å². The Morgan fingerprint density at radius 3 is 1.94 bits per heavy atom. The van der Waals surface area contributed by atoms with Crippen molar-refractivity contribution < 1.29 is 74.7 Å². The van der Waals surface area contributed by atoms with E-state index in [1.807, 2.05) is 0 Å². The van der Waals surface area contributed by atoms with Crippen molar-refractivity contribution in [1.82, 2.24) is 0 Å². The molecule has 0 amide bonds. The van der Waals surface area contributed by atoms with E-state index in [4.69, 9.17) is 23.7 Å². The molecule has 3 heterocycles. The van der Waals surface area contributed by atoms with Gasteiger partial charge < -0.3 is 74.7 Å². The summed E-state index contributed by atoms with van der Waals surface area (Å²) in [6.07, 6.45) is -22.2. The van der Waals surface area contributed by atoms with Crippen molar-refractivity contribution in [1.29, 1.82) is 0 Å². The summed E-state index contributed by atoms with van der Waals surface area (Å²) in [5, 5.41) is 98.7. The Kier molecular flexibility index (Phi) is 8.75. The Morgan fingerprint density at radius 1 is 0.656 bits per heavy atom. The maximum Gasteiger partial charge on any atom is 0.186 e. The summed E-state index contributed by atoms with van der Waals surface area (Å²) < 4.78 is 25.9. The molecule has 0 aromatic carbocycles. The van der Waals surface area contributed by atoms with Gasteiger partial charge in [0.2, 0.25) is 0 Å². The number of hydrogen-bond donors (Lipinski definition) is 10. The van der Waals surface area contributed by atoms with Crippen LogP contribution in [0.4, 0.5) is 0 Å². The molecule has 15 heteroatoms. The van der Waals surface area contributed by atoms with E-state index in [1.165, 1.54) is 0 Å². The minimum absolute atomic E-state index is 0.388. The summed E-state index contributed by atoms with van der Waals surface area (Å²) in [6, 6.07) is 0. The summed E-state index contributed by atoms with van der Waals surface area (Å²) >= 11 is 0. The third-order valence-corrected chi connectivity index (χ3v) is 5.68. The van der Waals surface area contributed by atoms with Crippen molar-refractivity contribution in [2.24, 2.45) is 0 Å².